The fourth-order valence-corrected chi connectivity index (χ4v) is 5.12. The zero-order valence-electron chi connectivity index (χ0n) is 19.2. The first-order valence-corrected chi connectivity index (χ1v) is 12.1. The first-order chi connectivity index (χ1) is 16.1. The molecule has 0 spiro atoms. The number of likely N-dealkylation sites (tertiary alicyclic amines) is 1. The molecule has 2 fully saturated rings. The Kier molecular flexibility index (Phi) is 6.35. The van der Waals surface area contributed by atoms with Crippen LogP contribution >= 0.6 is 0 Å². The van der Waals surface area contributed by atoms with E-state index in [1.54, 1.807) is 11.1 Å². The average Bonchev–Trinajstić information content (AvgIpc) is 3.34. The van der Waals surface area contributed by atoms with Crippen molar-refractivity contribution in [3.63, 3.8) is 0 Å². The third kappa shape index (κ3) is 4.76. The van der Waals surface area contributed by atoms with Gasteiger partial charge in [-0.3, -0.25) is 19.5 Å². The maximum absolute atomic E-state index is 12.8. The molecule has 8 heteroatoms. The molecule has 0 bridgehead atoms. The van der Waals surface area contributed by atoms with Crippen LogP contribution in [0.25, 0.3) is 0 Å². The van der Waals surface area contributed by atoms with Crippen LogP contribution < -0.4 is 4.90 Å². The molecule has 0 N–H and O–H groups in total. The average molecular weight is 450 g/mol. The van der Waals surface area contributed by atoms with Gasteiger partial charge in [-0.1, -0.05) is 6.07 Å². The highest BCUT2D eigenvalue weighted by Gasteiger charge is 2.32. The van der Waals surface area contributed by atoms with E-state index in [-0.39, 0.29) is 23.8 Å². The quantitative estimate of drug-likeness (QED) is 0.697. The molecule has 3 aliphatic rings. The second-order valence-electron chi connectivity index (χ2n) is 9.26. The summed E-state index contributed by atoms with van der Waals surface area (Å²) in [4.78, 5) is 43.3. The number of hydrogen-bond acceptors (Lipinski definition) is 6. The Morgan fingerprint density at radius 2 is 2.00 bits per heavy atom. The van der Waals surface area contributed by atoms with E-state index < -0.39 is 0 Å². The van der Waals surface area contributed by atoms with Crippen molar-refractivity contribution in [2.75, 3.05) is 24.6 Å². The summed E-state index contributed by atoms with van der Waals surface area (Å²) >= 11 is 0. The number of rotatable bonds is 5. The van der Waals surface area contributed by atoms with Crippen LogP contribution in [-0.4, -0.2) is 57.5 Å². The summed E-state index contributed by atoms with van der Waals surface area (Å²) in [5.74, 6) is 1.98. The van der Waals surface area contributed by atoms with Crippen LogP contribution in [0.15, 0.2) is 24.4 Å². The third-order valence-corrected chi connectivity index (χ3v) is 7.04. The molecule has 0 radical (unpaired) electrons. The minimum atomic E-state index is 0.0757. The number of aryl methyl sites for hydroxylation is 1. The van der Waals surface area contributed by atoms with E-state index >= 15 is 0 Å². The number of fused-ring (bicyclic) bond motifs is 1. The summed E-state index contributed by atoms with van der Waals surface area (Å²) in [7, 11) is 0. The van der Waals surface area contributed by atoms with Crippen LogP contribution in [-0.2, 0) is 27.3 Å². The lowest BCUT2D eigenvalue weighted by atomic mass is 9.94. The third-order valence-electron chi connectivity index (χ3n) is 7.04. The Bertz CT molecular complexity index is 1010. The van der Waals surface area contributed by atoms with Crippen LogP contribution in [0.1, 0.15) is 67.2 Å². The number of hydrogen-bond donors (Lipinski definition) is 0. The number of ether oxygens (including phenoxy) is 1. The minimum Gasteiger partial charge on any atom is -0.378 e. The van der Waals surface area contributed by atoms with Gasteiger partial charge in [0, 0.05) is 49.5 Å². The summed E-state index contributed by atoms with van der Waals surface area (Å²) in [5.41, 5.74) is 2.85. The Hall–Kier alpha value is -2.87. The highest BCUT2D eigenvalue weighted by Crippen LogP contribution is 2.33. The maximum atomic E-state index is 12.8. The molecule has 0 unspecified atom stereocenters. The number of anilines is 1. The molecule has 3 aliphatic heterocycles. The van der Waals surface area contributed by atoms with Gasteiger partial charge in [0.25, 0.3) is 0 Å². The second kappa shape index (κ2) is 9.55. The molecule has 33 heavy (non-hydrogen) atoms. The molecule has 8 nitrogen and oxygen atoms in total. The summed E-state index contributed by atoms with van der Waals surface area (Å²) < 4.78 is 5.63. The summed E-state index contributed by atoms with van der Waals surface area (Å²) in [6, 6.07) is 5.74. The number of carbonyl (C=O) groups is 2. The lowest BCUT2D eigenvalue weighted by Crippen LogP contribution is -2.40. The Morgan fingerprint density at radius 1 is 1.15 bits per heavy atom. The van der Waals surface area contributed by atoms with Gasteiger partial charge < -0.3 is 9.64 Å². The lowest BCUT2D eigenvalue weighted by Gasteiger charge is -2.33. The normalized spacial score (nSPS) is 21.4. The highest BCUT2D eigenvalue weighted by atomic mass is 16.5. The SMILES string of the molecule is Cc1nc(C2CCN(C(=O)C[C@H]3CCCO3)CC2)nc2c1CCC(=O)N2Cc1ccccn1. The minimum absolute atomic E-state index is 0.0757. The molecule has 2 amide bonds. The van der Waals surface area contributed by atoms with Gasteiger partial charge >= 0.3 is 0 Å². The van der Waals surface area contributed by atoms with Crippen LogP contribution in [0.3, 0.4) is 0 Å². The molecule has 0 aromatic carbocycles. The van der Waals surface area contributed by atoms with Crippen molar-refractivity contribution < 1.29 is 14.3 Å². The molecule has 2 aromatic heterocycles. The molecule has 5 rings (SSSR count). The Morgan fingerprint density at radius 3 is 2.73 bits per heavy atom. The largest absolute Gasteiger partial charge is 0.378 e. The zero-order valence-corrected chi connectivity index (χ0v) is 19.2. The molecular formula is C25H31N5O3. The molecular weight excluding hydrogens is 418 g/mol. The predicted octanol–water partition coefficient (Wildman–Crippen LogP) is 2.93. The molecule has 1 atom stereocenters. The monoisotopic (exact) mass is 449 g/mol. The van der Waals surface area contributed by atoms with E-state index in [0.717, 1.165) is 60.9 Å². The first-order valence-electron chi connectivity index (χ1n) is 12.1. The van der Waals surface area contributed by atoms with Crippen molar-refractivity contribution >= 4 is 17.6 Å². The highest BCUT2D eigenvalue weighted by molar-refractivity contribution is 5.95. The molecule has 2 aromatic rings. The number of nitrogens with zero attached hydrogens (tertiary/aromatic N) is 5. The predicted molar refractivity (Wildman–Crippen MR) is 123 cm³/mol. The summed E-state index contributed by atoms with van der Waals surface area (Å²) in [6.45, 7) is 4.63. The van der Waals surface area contributed by atoms with E-state index in [2.05, 4.69) is 4.98 Å². The van der Waals surface area contributed by atoms with E-state index in [9.17, 15) is 9.59 Å². The van der Waals surface area contributed by atoms with E-state index in [4.69, 9.17) is 14.7 Å². The summed E-state index contributed by atoms with van der Waals surface area (Å²) in [6.07, 6.45) is 7.17. The number of aromatic nitrogens is 3. The molecule has 0 saturated carbocycles. The van der Waals surface area contributed by atoms with Crippen molar-refractivity contribution in [3.8, 4) is 0 Å². The number of piperidine rings is 1. The van der Waals surface area contributed by atoms with Crippen LogP contribution in [0.4, 0.5) is 5.82 Å². The summed E-state index contributed by atoms with van der Waals surface area (Å²) in [5, 5.41) is 0. The van der Waals surface area contributed by atoms with Crippen molar-refractivity contribution in [2.24, 2.45) is 0 Å². The van der Waals surface area contributed by atoms with Crippen molar-refractivity contribution in [2.45, 2.75) is 70.4 Å². The van der Waals surface area contributed by atoms with E-state index in [0.29, 0.717) is 38.9 Å². The smallest absolute Gasteiger partial charge is 0.228 e. The lowest BCUT2D eigenvalue weighted by molar-refractivity contribution is -0.134. The molecule has 2 saturated heterocycles. The van der Waals surface area contributed by atoms with Gasteiger partial charge in [0.15, 0.2) is 0 Å². The number of carbonyl (C=O) groups excluding carboxylic acids is 2. The van der Waals surface area contributed by atoms with E-state index in [1.165, 1.54) is 0 Å². The van der Waals surface area contributed by atoms with Crippen molar-refractivity contribution in [3.05, 3.63) is 47.2 Å². The van der Waals surface area contributed by atoms with Gasteiger partial charge in [0.1, 0.15) is 11.6 Å². The zero-order chi connectivity index (χ0) is 22.8. The number of amides is 2. The van der Waals surface area contributed by atoms with Gasteiger partial charge in [-0.25, -0.2) is 9.97 Å². The maximum Gasteiger partial charge on any atom is 0.228 e. The fraction of sp³-hybridized carbons (Fsp3) is 0.560. The van der Waals surface area contributed by atoms with Crippen LogP contribution in [0, 0.1) is 6.92 Å². The molecule has 5 heterocycles. The standard InChI is InChI=1S/C25H31N5O3/c1-17-21-7-8-22(31)30(16-19-5-2-3-11-26-19)25(21)28-24(27-17)18-9-12-29(13-10-18)23(32)15-20-6-4-14-33-20/h2-3,5,11,18,20H,4,6-10,12-16H2,1H3/t20-/m1/s1. The first kappa shape index (κ1) is 21.9. The van der Waals surface area contributed by atoms with Gasteiger partial charge in [0.05, 0.1) is 24.8 Å². The van der Waals surface area contributed by atoms with E-state index in [1.807, 2.05) is 30.0 Å². The van der Waals surface area contributed by atoms with Crippen molar-refractivity contribution in [1.82, 2.24) is 19.9 Å². The van der Waals surface area contributed by atoms with Gasteiger partial charge in [-0.15, -0.1) is 0 Å². The van der Waals surface area contributed by atoms with Gasteiger partial charge in [-0.2, -0.15) is 0 Å². The van der Waals surface area contributed by atoms with Crippen LogP contribution in [0.5, 0.6) is 0 Å². The van der Waals surface area contributed by atoms with Crippen LogP contribution in [0.2, 0.25) is 0 Å². The molecule has 0 aliphatic carbocycles. The van der Waals surface area contributed by atoms with Gasteiger partial charge in [0.2, 0.25) is 11.8 Å². The Labute approximate surface area is 194 Å². The fourth-order valence-electron chi connectivity index (χ4n) is 5.12. The topological polar surface area (TPSA) is 88.5 Å². The Balaban J connectivity index is 1.30. The van der Waals surface area contributed by atoms with Crippen molar-refractivity contribution in [1.29, 1.82) is 0 Å². The second-order valence-corrected chi connectivity index (χ2v) is 9.26. The van der Waals surface area contributed by atoms with Gasteiger partial charge in [-0.05, 0) is 51.2 Å². The molecule has 174 valence electrons. The number of pyridine rings is 1.